The summed E-state index contributed by atoms with van der Waals surface area (Å²) >= 11 is 2.75. The number of fused-ring (bicyclic) bond motifs is 3. The molecule has 4 aliphatic heterocycles. The van der Waals surface area contributed by atoms with Crippen LogP contribution in [-0.4, -0.2) is 177 Å². The molecule has 18 nitrogen and oxygen atoms in total. The summed E-state index contributed by atoms with van der Waals surface area (Å²) < 4.78 is 6.12. The molecule has 79 heavy (non-hydrogen) atoms. The van der Waals surface area contributed by atoms with E-state index >= 15 is 4.79 Å². The first-order valence-corrected chi connectivity index (χ1v) is 29.4. The van der Waals surface area contributed by atoms with E-state index in [4.69, 9.17) is 14.7 Å². The van der Waals surface area contributed by atoms with Gasteiger partial charge in [-0.15, -0.1) is 23.5 Å². The molecule has 4 aliphatic rings. The maximum Gasteiger partial charge on any atom is 0.311 e. The van der Waals surface area contributed by atoms with Crippen molar-refractivity contribution >= 4 is 80.9 Å². The van der Waals surface area contributed by atoms with Gasteiger partial charge in [0, 0.05) is 58.1 Å². The summed E-state index contributed by atoms with van der Waals surface area (Å²) in [7, 11) is 4.76. The summed E-state index contributed by atoms with van der Waals surface area (Å²) in [5.74, 6) is -5.26. The van der Waals surface area contributed by atoms with Crippen LogP contribution in [0.15, 0.2) is 101 Å². The molecule has 424 valence electrons. The Balaban J connectivity index is 1.24. The topological polar surface area (TPSA) is 220 Å². The zero-order chi connectivity index (χ0) is 57.2. The normalized spacial score (nSPS) is 28.7. The number of carbonyl (C=O) groups is 8. The first kappa shape index (κ1) is 60.1. The van der Waals surface area contributed by atoms with Crippen LogP contribution in [0.1, 0.15) is 78.0 Å². The molecule has 1 fully saturated rings. The summed E-state index contributed by atoms with van der Waals surface area (Å²) in [6.45, 7) is 12.5. The van der Waals surface area contributed by atoms with Crippen molar-refractivity contribution in [3.8, 4) is 0 Å². The highest BCUT2D eigenvalue weighted by atomic mass is 32.2. The maximum absolute atomic E-state index is 15.0. The Morgan fingerprint density at radius 2 is 1.10 bits per heavy atom. The Morgan fingerprint density at radius 1 is 0.570 bits per heavy atom. The second kappa shape index (κ2) is 27.1. The molecule has 3 unspecified atom stereocenters. The van der Waals surface area contributed by atoms with Crippen LogP contribution in [0.2, 0.25) is 0 Å². The Bertz CT molecular complexity index is 2750. The monoisotopic (exact) mass is 1120 g/mol. The van der Waals surface area contributed by atoms with Crippen molar-refractivity contribution < 1.29 is 43.1 Å². The minimum Gasteiger partial charge on any atom is -0.452 e. The number of thioether (sulfide) groups is 2. The molecule has 0 radical (unpaired) electrons. The molecule has 3 aromatic carbocycles. The number of nitrogens with zero attached hydrogens (tertiary/aromatic N) is 6. The van der Waals surface area contributed by atoms with Crippen molar-refractivity contribution in [1.29, 1.82) is 0 Å². The quantitative estimate of drug-likeness (QED) is 0.265. The molecule has 7 amide bonds. The number of aliphatic imine (C=N–C) groups is 2. The molecule has 20 heteroatoms. The van der Waals surface area contributed by atoms with Crippen molar-refractivity contribution in [2.45, 2.75) is 141 Å². The fourth-order valence-electron chi connectivity index (χ4n) is 10.5. The van der Waals surface area contributed by atoms with Crippen LogP contribution in [0.4, 0.5) is 0 Å². The van der Waals surface area contributed by atoms with E-state index in [9.17, 15) is 33.6 Å². The van der Waals surface area contributed by atoms with E-state index in [0.717, 1.165) is 11.1 Å². The molecule has 0 aliphatic carbocycles. The zero-order valence-corrected chi connectivity index (χ0v) is 48.6. The van der Waals surface area contributed by atoms with E-state index in [2.05, 4.69) is 16.0 Å². The van der Waals surface area contributed by atoms with Gasteiger partial charge in [-0.05, 0) is 68.6 Å². The number of amides is 7. The first-order chi connectivity index (χ1) is 37.6. The van der Waals surface area contributed by atoms with Crippen LogP contribution >= 0.6 is 23.5 Å². The maximum atomic E-state index is 15.0. The van der Waals surface area contributed by atoms with Gasteiger partial charge >= 0.3 is 5.97 Å². The minimum atomic E-state index is -1.38. The summed E-state index contributed by atoms with van der Waals surface area (Å²) in [5.41, 5.74) is 2.43. The molecule has 3 aromatic rings. The van der Waals surface area contributed by atoms with E-state index in [0.29, 0.717) is 40.7 Å². The third kappa shape index (κ3) is 14.6. The average Bonchev–Trinajstić information content (AvgIpc) is 4.28. The highest BCUT2D eigenvalue weighted by Crippen LogP contribution is 2.30. The lowest BCUT2D eigenvalue weighted by atomic mass is 9.98. The first-order valence-electron chi connectivity index (χ1n) is 27.4. The molecule has 11 atom stereocenters. The summed E-state index contributed by atoms with van der Waals surface area (Å²) in [6.07, 6.45) is 0.0630. The molecule has 4 bridgehead atoms. The standard InChI is InChI=1S/C59H77N9O9S2/c1-34(2)48-52(71)60-37(6)36(5)59(76)77-47(31-41-25-18-13-19-26-41)57(74)67(10)49(35(3)4)58(75)68-28-20-27-44(68)56(73)66(9)46(30-40-23-16-12-17-24-40)54-62-42(32-79-54)50(69)61-38(7)53-63-43(33-78-53)55(72)65(8)45(51(70)64-48)29-39-21-14-11-15-22-39/h11-19,21-26,34-38,42-49H,20,27-33H2,1-10H3,(H,60,71)(H,61,69)(H,64,70)/t36-,37-,38-,42+,43+,44+,45?,46-,47?,48?,49+/m1/s1. The van der Waals surface area contributed by atoms with Gasteiger partial charge in [-0.2, -0.15) is 0 Å². The zero-order valence-electron chi connectivity index (χ0n) is 47.0. The van der Waals surface area contributed by atoms with Gasteiger partial charge in [0.1, 0.15) is 36.3 Å². The molecule has 7 rings (SSSR count). The van der Waals surface area contributed by atoms with Gasteiger partial charge in [-0.1, -0.05) is 119 Å². The van der Waals surface area contributed by atoms with Crippen LogP contribution in [0.3, 0.4) is 0 Å². The molecular weight excluding hydrogens is 1040 g/mol. The minimum absolute atomic E-state index is 0.0142. The predicted octanol–water partition coefficient (Wildman–Crippen LogP) is 4.58. The number of nitrogens with one attached hydrogen (secondary N) is 3. The Labute approximate surface area is 473 Å². The smallest absolute Gasteiger partial charge is 0.311 e. The number of ether oxygens (including phenoxy) is 1. The van der Waals surface area contributed by atoms with Gasteiger partial charge in [-0.3, -0.25) is 48.3 Å². The fourth-order valence-corrected chi connectivity index (χ4v) is 12.7. The van der Waals surface area contributed by atoms with E-state index in [1.54, 1.807) is 58.5 Å². The van der Waals surface area contributed by atoms with Gasteiger partial charge in [0.05, 0.1) is 28.1 Å². The van der Waals surface area contributed by atoms with E-state index in [-0.39, 0.29) is 37.0 Å². The lowest BCUT2D eigenvalue weighted by Gasteiger charge is -2.38. The van der Waals surface area contributed by atoms with Gasteiger partial charge < -0.3 is 40.3 Å². The number of rotatable bonds is 8. The number of hydrogen-bond acceptors (Lipinski definition) is 13. The largest absolute Gasteiger partial charge is 0.452 e. The van der Waals surface area contributed by atoms with Gasteiger partial charge in [0.15, 0.2) is 6.10 Å². The van der Waals surface area contributed by atoms with Gasteiger partial charge in [0.2, 0.25) is 35.4 Å². The number of carbonyl (C=O) groups excluding carboxylic acids is 8. The van der Waals surface area contributed by atoms with Crippen LogP contribution in [-0.2, 0) is 62.4 Å². The number of esters is 1. The van der Waals surface area contributed by atoms with Crippen molar-refractivity contribution in [2.24, 2.45) is 27.7 Å². The summed E-state index contributed by atoms with van der Waals surface area (Å²) in [6, 6.07) is 20.3. The Hall–Kier alpha value is -6.54. The summed E-state index contributed by atoms with van der Waals surface area (Å²) in [5, 5.41) is 10.0. The average molecular weight is 1120 g/mol. The predicted molar refractivity (Wildman–Crippen MR) is 308 cm³/mol. The van der Waals surface area contributed by atoms with E-state index < -0.39 is 114 Å². The fraction of sp³-hybridized carbons (Fsp3) is 0.525. The molecular formula is C59H77N9O9S2. The van der Waals surface area contributed by atoms with E-state index in [1.165, 1.54) is 40.4 Å². The molecule has 3 N–H and O–H groups in total. The van der Waals surface area contributed by atoms with Crippen molar-refractivity contribution in [2.75, 3.05) is 39.2 Å². The highest BCUT2D eigenvalue weighted by molar-refractivity contribution is 8.14. The number of hydrogen-bond donors (Lipinski definition) is 3. The lowest BCUT2D eigenvalue weighted by Crippen LogP contribution is -2.59. The lowest BCUT2D eigenvalue weighted by molar-refractivity contribution is -0.166. The second-order valence-corrected chi connectivity index (χ2v) is 24.0. The Kier molecular flexibility index (Phi) is 20.6. The van der Waals surface area contributed by atoms with Crippen LogP contribution in [0.25, 0.3) is 0 Å². The van der Waals surface area contributed by atoms with Crippen LogP contribution in [0, 0.1) is 17.8 Å². The third-order valence-electron chi connectivity index (χ3n) is 15.4. The SMILES string of the molecule is CC(C)C1NC(=O)C(Cc2ccccc2)N(C)C(=O)[C@@H]2CSC(=N2)[C@@H](C)NC(=O)[C@@H]2CSC(=N2)[C@@H](Cc2ccccc2)N(C)C(=O)[C@@H]2CCCN2C(=O)[C@H](C(C)C)N(C)C(=O)C(Cc2ccccc2)OC(=O)[C@H](C)[C@@H](C)NC1=O. The van der Waals surface area contributed by atoms with Crippen molar-refractivity contribution in [3.63, 3.8) is 0 Å². The molecule has 4 heterocycles. The Morgan fingerprint density at radius 3 is 1.68 bits per heavy atom. The number of likely N-dealkylation sites (N-methyl/N-ethyl adjacent to an activating group) is 3. The third-order valence-corrected chi connectivity index (χ3v) is 17.8. The highest BCUT2D eigenvalue weighted by Gasteiger charge is 2.45. The second-order valence-electron chi connectivity index (χ2n) is 21.9. The molecule has 0 saturated carbocycles. The number of benzene rings is 3. The van der Waals surface area contributed by atoms with E-state index in [1.807, 2.05) is 105 Å². The summed E-state index contributed by atoms with van der Waals surface area (Å²) in [4.78, 5) is 132. The number of cyclic esters (lactones) is 1. The molecule has 1 saturated heterocycles. The molecule has 0 spiro atoms. The van der Waals surface area contributed by atoms with Gasteiger partial charge in [0.25, 0.3) is 5.91 Å². The van der Waals surface area contributed by atoms with Gasteiger partial charge in [-0.25, -0.2) is 0 Å². The van der Waals surface area contributed by atoms with Crippen LogP contribution < -0.4 is 16.0 Å². The van der Waals surface area contributed by atoms with Crippen LogP contribution in [0.5, 0.6) is 0 Å². The molecule has 0 aromatic heterocycles. The van der Waals surface area contributed by atoms with Crippen molar-refractivity contribution in [1.82, 2.24) is 35.6 Å². The van der Waals surface area contributed by atoms with Crippen molar-refractivity contribution in [3.05, 3.63) is 108 Å².